The second-order valence-electron chi connectivity index (χ2n) is 7.20. The zero-order valence-corrected chi connectivity index (χ0v) is 17.6. The summed E-state index contributed by atoms with van der Waals surface area (Å²) in [5.41, 5.74) is 3.32. The topological polar surface area (TPSA) is 81.5 Å². The minimum absolute atomic E-state index is 0.165. The van der Waals surface area contributed by atoms with E-state index in [-0.39, 0.29) is 5.91 Å². The third-order valence-electron chi connectivity index (χ3n) is 5.35. The van der Waals surface area contributed by atoms with Gasteiger partial charge in [0.1, 0.15) is 17.2 Å². The Bertz CT molecular complexity index is 1270. The molecule has 2 heterocycles. The molecule has 160 valence electrons. The number of amides is 1. The molecule has 0 unspecified atom stereocenters. The highest BCUT2D eigenvalue weighted by Gasteiger charge is 2.37. The smallest absolute Gasteiger partial charge is 0.262 e. The van der Waals surface area contributed by atoms with Gasteiger partial charge in [-0.2, -0.15) is 9.90 Å². The first kappa shape index (κ1) is 19.6. The second-order valence-corrected chi connectivity index (χ2v) is 7.20. The van der Waals surface area contributed by atoms with Gasteiger partial charge in [0.05, 0.1) is 37.4 Å². The van der Waals surface area contributed by atoms with E-state index < -0.39 is 6.17 Å². The quantitative estimate of drug-likeness (QED) is 0.517. The number of para-hydroxylation sites is 2. The molecule has 1 atom stereocenters. The fourth-order valence-electron chi connectivity index (χ4n) is 3.78. The summed E-state index contributed by atoms with van der Waals surface area (Å²) in [6, 6.07) is 22.4. The van der Waals surface area contributed by atoms with E-state index in [0.29, 0.717) is 28.4 Å². The molecule has 8 nitrogen and oxygen atoms in total. The van der Waals surface area contributed by atoms with Crippen molar-refractivity contribution in [3.8, 4) is 17.2 Å². The molecule has 0 radical (unpaired) electrons. The maximum atomic E-state index is 13.6. The lowest BCUT2D eigenvalue weighted by atomic mass is 10.0. The average Bonchev–Trinajstić information content (AvgIpc) is 3.34. The van der Waals surface area contributed by atoms with Gasteiger partial charge in [0.2, 0.25) is 0 Å². The highest BCUT2D eigenvalue weighted by Crippen LogP contribution is 2.41. The van der Waals surface area contributed by atoms with Crippen LogP contribution >= 0.6 is 0 Å². The van der Waals surface area contributed by atoms with Crippen LogP contribution in [0.15, 0.2) is 79.0 Å². The molecular formula is C24H21N5O3. The SMILES string of the molecule is COc1ccc(N2C(=O)c3ccccc3N[C@H]2c2cnn(-c3ccccc3)n2)c(OC)c1. The summed E-state index contributed by atoms with van der Waals surface area (Å²) < 4.78 is 10.9. The summed E-state index contributed by atoms with van der Waals surface area (Å²) in [6.07, 6.45) is 1.08. The van der Waals surface area contributed by atoms with Crippen LogP contribution in [0.1, 0.15) is 22.2 Å². The molecule has 3 aromatic carbocycles. The fourth-order valence-corrected chi connectivity index (χ4v) is 3.78. The zero-order valence-electron chi connectivity index (χ0n) is 17.6. The van der Waals surface area contributed by atoms with Crippen LogP contribution < -0.4 is 19.7 Å². The summed E-state index contributed by atoms with van der Waals surface area (Å²) in [4.78, 5) is 16.8. The molecule has 8 heteroatoms. The maximum Gasteiger partial charge on any atom is 0.262 e. The normalized spacial score (nSPS) is 15.1. The monoisotopic (exact) mass is 427 g/mol. The van der Waals surface area contributed by atoms with Crippen molar-refractivity contribution in [1.82, 2.24) is 15.0 Å². The minimum atomic E-state index is -0.586. The van der Waals surface area contributed by atoms with Crippen molar-refractivity contribution in [2.24, 2.45) is 0 Å². The molecular weight excluding hydrogens is 406 g/mol. The zero-order chi connectivity index (χ0) is 22.1. The van der Waals surface area contributed by atoms with E-state index in [1.807, 2.05) is 48.5 Å². The molecule has 1 amide bonds. The van der Waals surface area contributed by atoms with Crippen LogP contribution in [-0.4, -0.2) is 35.1 Å². The first-order valence-electron chi connectivity index (χ1n) is 10.1. The number of nitrogens with zero attached hydrogens (tertiary/aromatic N) is 4. The molecule has 0 saturated carbocycles. The highest BCUT2D eigenvalue weighted by molar-refractivity contribution is 6.12. The minimum Gasteiger partial charge on any atom is -0.497 e. The molecule has 1 N–H and O–H groups in total. The van der Waals surface area contributed by atoms with Gasteiger partial charge in [-0.25, -0.2) is 0 Å². The summed E-state index contributed by atoms with van der Waals surface area (Å²) in [5, 5.41) is 12.5. The number of carbonyl (C=O) groups is 1. The van der Waals surface area contributed by atoms with Crippen LogP contribution in [0, 0.1) is 0 Å². The predicted octanol–water partition coefficient (Wildman–Crippen LogP) is 4.06. The van der Waals surface area contributed by atoms with Gasteiger partial charge in [-0.3, -0.25) is 9.69 Å². The third-order valence-corrected chi connectivity index (χ3v) is 5.35. The molecule has 4 aromatic rings. The van der Waals surface area contributed by atoms with Crippen molar-refractivity contribution in [1.29, 1.82) is 0 Å². The number of aromatic nitrogens is 3. The Hall–Kier alpha value is -4.33. The Labute approximate surface area is 185 Å². The van der Waals surface area contributed by atoms with Gasteiger partial charge >= 0.3 is 0 Å². The number of hydrogen-bond acceptors (Lipinski definition) is 6. The number of ether oxygens (including phenoxy) is 2. The Morgan fingerprint density at radius 1 is 0.938 bits per heavy atom. The van der Waals surface area contributed by atoms with Gasteiger partial charge in [0.15, 0.2) is 6.17 Å². The average molecular weight is 427 g/mol. The molecule has 0 aliphatic carbocycles. The van der Waals surface area contributed by atoms with Crippen LogP contribution in [0.2, 0.25) is 0 Å². The van der Waals surface area contributed by atoms with Crippen molar-refractivity contribution < 1.29 is 14.3 Å². The predicted molar refractivity (Wildman–Crippen MR) is 121 cm³/mol. The van der Waals surface area contributed by atoms with Crippen LogP contribution in [0.3, 0.4) is 0 Å². The van der Waals surface area contributed by atoms with Crippen molar-refractivity contribution in [2.75, 3.05) is 24.4 Å². The standard InChI is InChI=1S/C24H21N5O3/c1-31-17-12-13-21(22(14-17)32-2)28-23(26-19-11-7-6-10-18(19)24(28)30)20-15-25-29(27-20)16-8-4-3-5-9-16/h3-15,23,26H,1-2H3/t23-/m1/s1. The lowest BCUT2D eigenvalue weighted by Gasteiger charge is -2.37. The van der Waals surface area contributed by atoms with Gasteiger partial charge in [-0.1, -0.05) is 30.3 Å². The molecule has 0 bridgehead atoms. The summed E-state index contributed by atoms with van der Waals surface area (Å²) in [5.74, 6) is 0.983. The first-order valence-corrected chi connectivity index (χ1v) is 10.1. The number of anilines is 2. The summed E-state index contributed by atoms with van der Waals surface area (Å²) in [7, 11) is 3.15. The van der Waals surface area contributed by atoms with E-state index in [0.717, 1.165) is 11.4 Å². The second kappa shape index (κ2) is 8.07. The largest absolute Gasteiger partial charge is 0.497 e. The van der Waals surface area contributed by atoms with Crippen molar-refractivity contribution >= 4 is 17.3 Å². The lowest BCUT2D eigenvalue weighted by molar-refractivity contribution is 0.0973. The van der Waals surface area contributed by atoms with E-state index in [1.165, 1.54) is 0 Å². The van der Waals surface area contributed by atoms with Crippen LogP contribution in [0.4, 0.5) is 11.4 Å². The molecule has 1 aliphatic heterocycles. The van der Waals surface area contributed by atoms with E-state index in [4.69, 9.17) is 9.47 Å². The Morgan fingerprint density at radius 2 is 1.72 bits per heavy atom. The van der Waals surface area contributed by atoms with E-state index in [2.05, 4.69) is 15.5 Å². The summed E-state index contributed by atoms with van der Waals surface area (Å²) in [6.45, 7) is 0. The molecule has 0 spiro atoms. The van der Waals surface area contributed by atoms with Crippen LogP contribution in [-0.2, 0) is 0 Å². The number of methoxy groups -OCH3 is 2. The first-order chi connectivity index (χ1) is 15.7. The van der Waals surface area contributed by atoms with Crippen molar-refractivity contribution in [2.45, 2.75) is 6.17 Å². The van der Waals surface area contributed by atoms with E-state index in [9.17, 15) is 4.79 Å². The Kier molecular flexibility index (Phi) is 4.95. The Balaban J connectivity index is 1.63. The van der Waals surface area contributed by atoms with Gasteiger partial charge in [0.25, 0.3) is 5.91 Å². The van der Waals surface area contributed by atoms with E-state index in [1.54, 1.807) is 54.4 Å². The Morgan fingerprint density at radius 3 is 2.50 bits per heavy atom. The van der Waals surface area contributed by atoms with Gasteiger partial charge in [-0.05, 0) is 36.4 Å². The number of benzene rings is 3. The van der Waals surface area contributed by atoms with Crippen molar-refractivity contribution in [3.05, 3.63) is 90.3 Å². The molecule has 5 rings (SSSR count). The van der Waals surface area contributed by atoms with Gasteiger partial charge in [0, 0.05) is 11.8 Å². The molecule has 32 heavy (non-hydrogen) atoms. The molecule has 0 saturated heterocycles. The number of nitrogens with one attached hydrogen (secondary N) is 1. The number of fused-ring (bicyclic) bond motifs is 1. The summed E-state index contributed by atoms with van der Waals surface area (Å²) >= 11 is 0. The third kappa shape index (κ3) is 3.31. The lowest BCUT2D eigenvalue weighted by Crippen LogP contribution is -2.43. The molecule has 1 aromatic heterocycles. The van der Waals surface area contributed by atoms with Crippen molar-refractivity contribution in [3.63, 3.8) is 0 Å². The number of carbonyl (C=O) groups excluding carboxylic acids is 1. The maximum absolute atomic E-state index is 13.6. The van der Waals surface area contributed by atoms with E-state index >= 15 is 0 Å². The van der Waals surface area contributed by atoms with Crippen LogP contribution in [0.5, 0.6) is 11.5 Å². The number of rotatable bonds is 5. The molecule has 0 fully saturated rings. The van der Waals surface area contributed by atoms with Crippen LogP contribution in [0.25, 0.3) is 5.69 Å². The van der Waals surface area contributed by atoms with Gasteiger partial charge in [-0.15, -0.1) is 5.10 Å². The molecule has 1 aliphatic rings. The fraction of sp³-hybridized carbons (Fsp3) is 0.125. The highest BCUT2D eigenvalue weighted by atomic mass is 16.5. The van der Waals surface area contributed by atoms with Gasteiger partial charge < -0.3 is 14.8 Å². The number of hydrogen-bond donors (Lipinski definition) is 1.